The number of amides is 1. The van der Waals surface area contributed by atoms with Crippen LogP contribution in [0.1, 0.15) is 69.1 Å². The zero-order valence-electron chi connectivity index (χ0n) is 19.2. The Kier molecular flexibility index (Phi) is 9.35. The first-order valence-corrected chi connectivity index (χ1v) is 12.3. The quantitative estimate of drug-likeness (QED) is 0.261. The molecule has 32 heavy (non-hydrogen) atoms. The average molecular weight is 452 g/mol. The van der Waals surface area contributed by atoms with Crippen LogP contribution in [0, 0.1) is 0 Å². The van der Waals surface area contributed by atoms with Crippen LogP contribution >= 0.6 is 11.8 Å². The lowest BCUT2D eigenvalue weighted by atomic mass is 10.0. The molecule has 1 N–H and O–H groups in total. The van der Waals surface area contributed by atoms with Crippen molar-refractivity contribution in [2.75, 3.05) is 6.61 Å². The van der Waals surface area contributed by atoms with Crippen molar-refractivity contribution in [2.45, 2.75) is 64.0 Å². The Morgan fingerprint density at radius 3 is 2.50 bits per heavy atom. The van der Waals surface area contributed by atoms with Crippen molar-refractivity contribution in [1.29, 1.82) is 0 Å². The summed E-state index contributed by atoms with van der Waals surface area (Å²) in [6.45, 7) is 7.31. The number of ether oxygens (including phenoxy) is 1. The third kappa shape index (κ3) is 7.52. The Balaban J connectivity index is 1.47. The monoisotopic (exact) mass is 451 g/mol. The first-order chi connectivity index (χ1) is 15.5. The fourth-order valence-electron chi connectivity index (χ4n) is 3.36. The van der Waals surface area contributed by atoms with Gasteiger partial charge < -0.3 is 10.1 Å². The van der Waals surface area contributed by atoms with Crippen molar-refractivity contribution in [3.05, 3.63) is 65.2 Å². The molecule has 5 nitrogen and oxygen atoms in total. The van der Waals surface area contributed by atoms with E-state index >= 15 is 0 Å². The Hall–Kier alpha value is -2.60. The molecule has 2 aromatic rings. The lowest BCUT2D eigenvalue weighted by Gasteiger charge is -2.08. The molecule has 1 fully saturated rings. The van der Waals surface area contributed by atoms with Gasteiger partial charge in [-0.2, -0.15) is 5.10 Å². The van der Waals surface area contributed by atoms with Gasteiger partial charge in [0.15, 0.2) is 5.17 Å². The smallest absolute Gasteiger partial charge is 0.239 e. The van der Waals surface area contributed by atoms with Gasteiger partial charge >= 0.3 is 0 Å². The maximum atomic E-state index is 12.3. The second kappa shape index (κ2) is 12.4. The molecular formula is C26H33N3O2S. The maximum Gasteiger partial charge on any atom is 0.239 e. The van der Waals surface area contributed by atoms with Gasteiger partial charge in [0.2, 0.25) is 5.91 Å². The number of carbonyl (C=O) groups excluding carboxylic acids is 1. The van der Waals surface area contributed by atoms with Crippen LogP contribution in [-0.2, 0) is 11.2 Å². The summed E-state index contributed by atoms with van der Waals surface area (Å²) in [7, 11) is 0. The minimum atomic E-state index is -0.178. The predicted octanol–water partition coefficient (Wildman–Crippen LogP) is 5.93. The molecule has 0 aromatic heterocycles. The molecule has 0 bridgehead atoms. The van der Waals surface area contributed by atoms with Crippen LogP contribution in [0.5, 0.6) is 5.75 Å². The van der Waals surface area contributed by atoms with Gasteiger partial charge in [-0.1, -0.05) is 76.1 Å². The van der Waals surface area contributed by atoms with E-state index in [1.165, 1.54) is 36.6 Å². The highest BCUT2D eigenvalue weighted by molar-refractivity contribution is 8.15. The SMILES string of the molecule is CCCCCCOc1ccc(/C=N\N=C2\NC(=O)[C@@H](Cc3ccc(C(C)C)cc3)S2)cc1. The number of nitrogens with zero attached hydrogens (tertiary/aromatic N) is 2. The molecule has 0 spiro atoms. The van der Waals surface area contributed by atoms with Gasteiger partial charge in [-0.05, 0) is 59.7 Å². The molecule has 1 aliphatic rings. The van der Waals surface area contributed by atoms with E-state index in [-0.39, 0.29) is 11.2 Å². The van der Waals surface area contributed by atoms with E-state index in [1.54, 1.807) is 6.21 Å². The van der Waals surface area contributed by atoms with Gasteiger partial charge in [0.1, 0.15) is 5.75 Å². The number of hydrogen-bond acceptors (Lipinski definition) is 5. The van der Waals surface area contributed by atoms with Crippen LogP contribution in [0.3, 0.4) is 0 Å². The molecule has 2 aromatic carbocycles. The van der Waals surface area contributed by atoms with Crippen LogP contribution in [0.2, 0.25) is 0 Å². The largest absolute Gasteiger partial charge is 0.494 e. The topological polar surface area (TPSA) is 63.1 Å². The summed E-state index contributed by atoms with van der Waals surface area (Å²) in [4.78, 5) is 12.3. The lowest BCUT2D eigenvalue weighted by molar-refractivity contribution is -0.118. The highest BCUT2D eigenvalue weighted by Crippen LogP contribution is 2.24. The molecule has 1 atom stereocenters. The van der Waals surface area contributed by atoms with E-state index in [1.807, 2.05) is 24.3 Å². The van der Waals surface area contributed by atoms with Crippen LogP contribution in [0.25, 0.3) is 0 Å². The summed E-state index contributed by atoms with van der Waals surface area (Å²) < 4.78 is 5.76. The summed E-state index contributed by atoms with van der Waals surface area (Å²) in [6.07, 6.45) is 7.14. The minimum absolute atomic E-state index is 0.0164. The number of unbranched alkanes of at least 4 members (excludes halogenated alkanes) is 3. The molecule has 6 heteroatoms. The Morgan fingerprint density at radius 2 is 1.81 bits per heavy atom. The van der Waals surface area contributed by atoms with Crippen LogP contribution in [0.15, 0.2) is 58.7 Å². The zero-order chi connectivity index (χ0) is 22.8. The van der Waals surface area contributed by atoms with E-state index in [0.717, 1.165) is 29.9 Å². The van der Waals surface area contributed by atoms with Crippen LogP contribution < -0.4 is 10.1 Å². The first-order valence-electron chi connectivity index (χ1n) is 11.5. The molecule has 1 aliphatic heterocycles. The van der Waals surface area contributed by atoms with Gasteiger partial charge in [-0.3, -0.25) is 4.79 Å². The fourth-order valence-corrected chi connectivity index (χ4v) is 4.32. The van der Waals surface area contributed by atoms with E-state index in [2.05, 4.69) is 60.6 Å². The number of benzene rings is 2. The molecule has 0 saturated carbocycles. The van der Waals surface area contributed by atoms with Crippen molar-refractivity contribution in [1.82, 2.24) is 5.32 Å². The number of nitrogens with one attached hydrogen (secondary N) is 1. The maximum absolute atomic E-state index is 12.3. The lowest BCUT2D eigenvalue weighted by Crippen LogP contribution is -2.25. The molecule has 0 radical (unpaired) electrons. The number of carbonyl (C=O) groups is 1. The Labute approximate surface area is 195 Å². The molecule has 1 saturated heterocycles. The third-order valence-electron chi connectivity index (χ3n) is 5.35. The van der Waals surface area contributed by atoms with E-state index < -0.39 is 0 Å². The molecular weight excluding hydrogens is 418 g/mol. The molecule has 1 heterocycles. The normalized spacial score (nSPS) is 17.4. The van der Waals surface area contributed by atoms with Crippen LogP contribution in [-0.4, -0.2) is 29.1 Å². The Morgan fingerprint density at radius 1 is 1.06 bits per heavy atom. The van der Waals surface area contributed by atoms with Gasteiger partial charge in [0.25, 0.3) is 0 Å². The zero-order valence-corrected chi connectivity index (χ0v) is 20.0. The molecule has 3 rings (SSSR count). The summed E-state index contributed by atoms with van der Waals surface area (Å²) in [6, 6.07) is 16.3. The number of rotatable bonds is 11. The number of amidine groups is 1. The summed E-state index contributed by atoms with van der Waals surface area (Å²) >= 11 is 1.43. The van der Waals surface area contributed by atoms with Gasteiger partial charge in [-0.25, -0.2) is 0 Å². The van der Waals surface area contributed by atoms with Crippen molar-refractivity contribution < 1.29 is 9.53 Å². The van der Waals surface area contributed by atoms with E-state index in [4.69, 9.17) is 4.74 Å². The number of hydrogen-bond donors (Lipinski definition) is 1. The van der Waals surface area contributed by atoms with Gasteiger partial charge in [-0.15, -0.1) is 5.10 Å². The number of thioether (sulfide) groups is 1. The highest BCUT2D eigenvalue weighted by Gasteiger charge is 2.30. The van der Waals surface area contributed by atoms with Crippen LogP contribution in [0.4, 0.5) is 0 Å². The Bertz CT molecular complexity index is 921. The van der Waals surface area contributed by atoms with Gasteiger partial charge in [0, 0.05) is 0 Å². The molecule has 0 aliphatic carbocycles. The van der Waals surface area contributed by atoms with Crippen molar-refractivity contribution in [3.63, 3.8) is 0 Å². The molecule has 0 unspecified atom stereocenters. The van der Waals surface area contributed by atoms with E-state index in [9.17, 15) is 4.79 Å². The molecule has 1 amide bonds. The fraction of sp³-hybridized carbons (Fsp3) is 0.423. The first kappa shape index (κ1) is 24.1. The van der Waals surface area contributed by atoms with Crippen molar-refractivity contribution in [2.24, 2.45) is 10.2 Å². The van der Waals surface area contributed by atoms with Gasteiger partial charge in [0.05, 0.1) is 18.1 Å². The average Bonchev–Trinajstić information content (AvgIpc) is 3.14. The molecule has 170 valence electrons. The summed E-state index contributed by atoms with van der Waals surface area (Å²) in [5, 5.41) is 11.5. The highest BCUT2D eigenvalue weighted by atomic mass is 32.2. The minimum Gasteiger partial charge on any atom is -0.494 e. The summed E-state index contributed by atoms with van der Waals surface area (Å²) in [5.74, 6) is 1.36. The predicted molar refractivity (Wildman–Crippen MR) is 135 cm³/mol. The second-order valence-corrected chi connectivity index (χ2v) is 9.52. The van der Waals surface area contributed by atoms with E-state index in [0.29, 0.717) is 17.5 Å². The summed E-state index contributed by atoms with van der Waals surface area (Å²) in [5.41, 5.74) is 3.39. The second-order valence-electron chi connectivity index (χ2n) is 8.32. The third-order valence-corrected chi connectivity index (χ3v) is 6.42. The van der Waals surface area contributed by atoms with Crippen molar-refractivity contribution in [3.8, 4) is 5.75 Å². The van der Waals surface area contributed by atoms with Crippen molar-refractivity contribution >= 4 is 29.1 Å². The standard InChI is InChI=1S/C26H33N3O2S/c1-4-5-6-7-16-31-23-14-10-21(11-15-23)18-27-29-26-28-25(30)24(32-26)17-20-8-12-22(13-9-20)19(2)3/h8-15,18-19,24H,4-7,16-17H2,1-3H3,(H,28,29,30)/b27-18-/t24-/m1/s1.